The van der Waals surface area contributed by atoms with E-state index in [0.717, 1.165) is 0 Å². The van der Waals surface area contributed by atoms with Crippen molar-refractivity contribution in [3.05, 3.63) is 23.7 Å². The molecule has 0 aromatic rings. The van der Waals surface area contributed by atoms with E-state index in [4.69, 9.17) is 33.2 Å². The second kappa shape index (κ2) is 8.75. The number of hydrogen-bond donors (Lipinski definition) is 0. The summed E-state index contributed by atoms with van der Waals surface area (Å²) in [5.74, 6) is -2.38. The summed E-state index contributed by atoms with van der Waals surface area (Å²) in [6.07, 6.45) is 3.06. The maximum atomic E-state index is 13.1. The zero-order valence-corrected chi connectivity index (χ0v) is 21.5. The first-order valence-electron chi connectivity index (χ1n) is 12.5. The number of carbonyl (C=O) groups excluding carboxylic acids is 4. The van der Waals surface area contributed by atoms with Gasteiger partial charge in [-0.25, -0.2) is 9.59 Å². The Bertz CT molecular complexity index is 1010. The molecule has 2 aliphatic carbocycles. The van der Waals surface area contributed by atoms with Crippen molar-refractivity contribution in [1.82, 2.24) is 0 Å². The Morgan fingerprint density at radius 3 is 1.38 bits per heavy atom. The van der Waals surface area contributed by atoms with Crippen LogP contribution in [0.15, 0.2) is 23.7 Å². The van der Waals surface area contributed by atoms with Crippen LogP contribution in [-0.4, -0.2) is 74.7 Å². The largest absolute Gasteiger partial charge is 0.495 e. The van der Waals surface area contributed by atoms with Crippen molar-refractivity contribution >= 4 is 23.9 Å². The summed E-state index contributed by atoms with van der Waals surface area (Å²) in [4.78, 5) is 50.4. The van der Waals surface area contributed by atoms with Gasteiger partial charge in [0.05, 0.1) is 48.0 Å². The van der Waals surface area contributed by atoms with Crippen LogP contribution >= 0.6 is 0 Å². The first-order chi connectivity index (χ1) is 17.4. The van der Waals surface area contributed by atoms with Crippen LogP contribution in [0.1, 0.15) is 40.5 Å². The van der Waals surface area contributed by atoms with E-state index in [-0.39, 0.29) is 52.5 Å². The normalized spacial score (nSPS) is 42.3. The third-order valence-corrected chi connectivity index (χ3v) is 8.16. The average molecular weight is 521 g/mol. The lowest BCUT2D eigenvalue weighted by Crippen LogP contribution is -2.66. The van der Waals surface area contributed by atoms with Crippen LogP contribution in [0.4, 0.5) is 0 Å². The second-order valence-electron chi connectivity index (χ2n) is 11.2. The Morgan fingerprint density at radius 2 is 0.973 bits per heavy atom. The molecule has 3 fully saturated rings. The lowest BCUT2D eigenvalue weighted by atomic mass is 9.51. The maximum Gasteiger partial charge on any atom is 0.334 e. The smallest absolute Gasteiger partial charge is 0.334 e. The van der Waals surface area contributed by atoms with Crippen LogP contribution in [0.5, 0.6) is 0 Å². The standard InChI is InChI=1S/C26H32O11/c1-23-13-25(3)19(23)15(11-17(27)36-25)32-7-5-31-6-8-33-16-12-18(28)37-26(4)14-24(2,20(16)26)22(30)35-10-9-34-21(23)29/h11-12,19-20H,5-10,13-14H2,1-4H3/t19-,20-,23+,24+,25+,26+/m1/s1. The number of carbonyl (C=O) groups is 4. The number of rotatable bonds is 0. The SMILES string of the molecule is C[C@@]12C[C@]3(C)C(=O)OCCOC(=O)[C@@]4(C)C[C@]5(C)OC(=O)C=C(OCCOCCOC(=CC(=O)O1)[C@@H]23)[C@@H]54. The van der Waals surface area contributed by atoms with Gasteiger partial charge in [-0.2, -0.15) is 0 Å². The Labute approximate surface area is 214 Å². The molecule has 0 spiro atoms. The molecule has 5 aliphatic rings. The van der Waals surface area contributed by atoms with Gasteiger partial charge in [0.15, 0.2) is 0 Å². The van der Waals surface area contributed by atoms with Gasteiger partial charge in [-0.05, 0) is 27.7 Å². The number of cyclic esters (lactones) is 2. The van der Waals surface area contributed by atoms with Crippen LogP contribution in [0, 0.1) is 22.7 Å². The monoisotopic (exact) mass is 520 g/mol. The van der Waals surface area contributed by atoms with E-state index >= 15 is 0 Å². The molecule has 2 saturated carbocycles. The molecule has 0 aromatic carbocycles. The first-order valence-corrected chi connectivity index (χ1v) is 12.5. The fourth-order valence-corrected chi connectivity index (χ4v) is 7.06. The third-order valence-electron chi connectivity index (χ3n) is 8.16. The summed E-state index contributed by atoms with van der Waals surface area (Å²) < 4.78 is 39.3. The van der Waals surface area contributed by atoms with Crippen molar-refractivity contribution in [2.75, 3.05) is 39.6 Å². The van der Waals surface area contributed by atoms with Crippen molar-refractivity contribution < 1.29 is 52.3 Å². The van der Waals surface area contributed by atoms with E-state index < -0.39 is 57.7 Å². The summed E-state index contributed by atoms with van der Waals surface area (Å²) >= 11 is 0. The summed E-state index contributed by atoms with van der Waals surface area (Å²) in [5.41, 5.74) is -3.72. The Hall–Kier alpha value is -3.08. The Morgan fingerprint density at radius 1 is 0.595 bits per heavy atom. The Kier molecular flexibility index (Phi) is 6.04. The van der Waals surface area contributed by atoms with Crippen molar-refractivity contribution in [3.8, 4) is 0 Å². The lowest BCUT2D eigenvalue weighted by Gasteiger charge is -2.58. The van der Waals surface area contributed by atoms with E-state index in [1.165, 1.54) is 12.2 Å². The van der Waals surface area contributed by atoms with E-state index in [1.54, 1.807) is 27.7 Å². The van der Waals surface area contributed by atoms with Gasteiger partial charge in [-0.3, -0.25) is 9.59 Å². The molecule has 0 radical (unpaired) electrons. The summed E-state index contributed by atoms with van der Waals surface area (Å²) in [6, 6.07) is 0. The van der Waals surface area contributed by atoms with Crippen LogP contribution in [0.3, 0.4) is 0 Å². The van der Waals surface area contributed by atoms with Crippen molar-refractivity contribution in [2.45, 2.75) is 51.7 Å². The predicted molar refractivity (Wildman–Crippen MR) is 122 cm³/mol. The van der Waals surface area contributed by atoms with Gasteiger partial charge in [0.1, 0.15) is 49.1 Å². The minimum atomic E-state index is -0.976. The second-order valence-corrected chi connectivity index (χ2v) is 11.2. The molecule has 0 amide bonds. The molecule has 0 unspecified atom stereocenters. The highest BCUT2D eigenvalue weighted by Gasteiger charge is 2.70. The molecule has 3 heterocycles. The fraction of sp³-hybridized carbons (Fsp3) is 0.692. The van der Waals surface area contributed by atoms with E-state index in [2.05, 4.69) is 0 Å². The molecule has 11 heteroatoms. The zero-order valence-electron chi connectivity index (χ0n) is 21.5. The zero-order chi connectivity index (χ0) is 26.6. The molecule has 3 aliphatic heterocycles. The van der Waals surface area contributed by atoms with Gasteiger partial charge in [0, 0.05) is 12.8 Å². The van der Waals surface area contributed by atoms with Gasteiger partial charge in [0.25, 0.3) is 0 Å². The first kappa shape index (κ1) is 25.6. The van der Waals surface area contributed by atoms with Crippen LogP contribution < -0.4 is 0 Å². The van der Waals surface area contributed by atoms with Crippen molar-refractivity contribution in [1.29, 1.82) is 0 Å². The summed E-state index contributed by atoms with van der Waals surface area (Å²) in [7, 11) is 0. The van der Waals surface area contributed by atoms with Gasteiger partial charge >= 0.3 is 23.9 Å². The molecule has 1 saturated heterocycles. The Balaban J connectivity index is 1.34. The lowest BCUT2D eigenvalue weighted by molar-refractivity contribution is -0.229. The molecule has 0 aromatic heterocycles. The highest BCUT2D eigenvalue weighted by molar-refractivity contribution is 5.88. The van der Waals surface area contributed by atoms with E-state index in [9.17, 15) is 19.2 Å². The highest BCUT2D eigenvalue weighted by Crippen LogP contribution is 2.62. The van der Waals surface area contributed by atoms with Crippen LogP contribution in [0.25, 0.3) is 0 Å². The molecular formula is C26H32O11. The molecule has 11 nitrogen and oxygen atoms in total. The van der Waals surface area contributed by atoms with E-state index in [0.29, 0.717) is 11.5 Å². The highest BCUT2D eigenvalue weighted by atomic mass is 16.6. The number of esters is 4. The summed E-state index contributed by atoms with van der Waals surface area (Å²) in [5, 5.41) is 0. The predicted octanol–water partition coefficient (Wildman–Crippen LogP) is 1.59. The molecule has 6 atom stereocenters. The van der Waals surface area contributed by atoms with Gasteiger partial charge in [-0.15, -0.1) is 0 Å². The molecule has 0 bridgehead atoms. The van der Waals surface area contributed by atoms with Gasteiger partial charge in [0.2, 0.25) is 0 Å². The molecule has 37 heavy (non-hydrogen) atoms. The quantitative estimate of drug-likeness (QED) is 0.341. The van der Waals surface area contributed by atoms with Crippen molar-refractivity contribution in [3.63, 3.8) is 0 Å². The molecular weight excluding hydrogens is 488 g/mol. The number of ether oxygens (including phenoxy) is 7. The molecule has 0 N–H and O–H groups in total. The van der Waals surface area contributed by atoms with Gasteiger partial charge in [-0.1, -0.05) is 0 Å². The topological polar surface area (TPSA) is 133 Å². The van der Waals surface area contributed by atoms with E-state index in [1.807, 2.05) is 0 Å². The third kappa shape index (κ3) is 4.07. The maximum absolute atomic E-state index is 13.1. The minimum Gasteiger partial charge on any atom is -0.495 e. The van der Waals surface area contributed by atoms with Gasteiger partial charge < -0.3 is 33.2 Å². The van der Waals surface area contributed by atoms with Crippen molar-refractivity contribution in [2.24, 2.45) is 22.7 Å². The number of hydrogen-bond acceptors (Lipinski definition) is 11. The fourth-order valence-electron chi connectivity index (χ4n) is 7.06. The average Bonchev–Trinajstić information content (AvgIpc) is 2.77. The molecule has 202 valence electrons. The van der Waals surface area contributed by atoms with Crippen LogP contribution in [0.2, 0.25) is 0 Å². The molecule has 5 rings (SSSR count). The minimum absolute atomic E-state index is 0.136. The van der Waals surface area contributed by atoms with Crippen LogP contribution in [-0.2, 0) is 52.3 Å². The summed E-state index contributed by atoms with van der Waals surface area (Å²) in [6.45, 7) is 7.44.